The molecule has 6 aliphatic rings. The zero-order chi connectivity index (χ0) is 27.4. The molecular formula is C31H37NO6. The van der Waals surface area contributed by atoms with Crippen LogP contribution < -0.4 is 4.90 Å². The van der Waals surface area contributed by atoms with Crippen LogP contribution in [0.2, 0.25) is 0 Å². The summed E-state index contributed by atoms with van der Waals surface area (Å²) in [5.41, 5.74) is -0.235. The molecule has 1 aromatic rings. The van der Waals surface area contributed by atoms with Gasteiger partial charge in [-0.05, 0) is 80.2 Å². The SMILES string of the molecule is CC(C)C1=CC23CCC4C(C)(C(=O)O)CCCC4(C)C2CC1C1C(=O)N(c2ccccc2C(=O)O)C(=O)C13. The first-order valence-corrected chi connectivity index (χ1v) is 14.0. The first-order chi connectivity index (χ1) is 17.9. The molecule has 8 unspecified atom stereocenters. The molecule has 7 rings (SSSR count). The van der Waals surface area contributed by atoms with E-state index in [2.05, 4.69) is 26.8 Å². The van der Waals surface area contributed by atoms with E-state index in [-0.39, 0.29) is 52.2 Å². The standard InChI is InChI=1S/C31H37NO6/c1-16(2)19-15-31-13-10-21-29(3,11-7-12-30(21,4)28(37)38)22(31)14-18(19)23-24(31)26(34)32(25(23)33)20-9-6-5-8-17(20)27(35)36/h5-6,8-9,15-16,18,21-24H,7,10-14H2,1-4H3,(H,35,36)(H,37,38). The highest BCUT2D eigenvalue weighted by Gasteiger charge is 2.73. The Morgan fingerprint density at radius 1 is 1.00 bits per heavy atom. The molecule has 7 heteroatoms. The number of anilines is 1. The fraction of sp³-hybridized carbons (Fsp3) is 0.613. The third-order valence-corrected chi connectivity index (χ3v) is 11.5. The highest BCUT2D eigenvalue weighted by molar-refractivity contribution is 6.24. The molecule has 1 heterocycles. The Kier molecular flexibility index (Phi) is 5.35. The van der Waals surface area contributed by atoms with E-state index in [1.165, 1.54) is 16.5 Å². The van der Waals surface area contributed by atoms with E-state index in [9.17, 15) is 29.4 Å². The van der Waals surface area contributed by atoms with Gasteiger partial charge in [-0.15, -0.1) is 0 Å². The summed E-state index contributed by atoms with van der Waals surface area (Å²) in [5, 5.41) is 20.1. The minimum absolute atomic E-state index is 0.0154. The van der Waals surface area contributed by atoms with Crippen molar-refractivity contribution in [2.24, 2.45) is 51.8 Å². The van der Waals surface area contributed by atoms with Crippen LogP contribution in [0.15, 0.2) is 35.9 Å². The predicted molar refractivity (Wildman–Crippen MR) is 140 cm³/mol. The largest absolute Gasteiger partial charge is 0.481 e. The lowest BCUT2D eigenvalue weighted by Crippen LogP contribution is -2.65. The fourth-order valence-corrected chi connectivity index (χ4v) is 10.0. The molecule has 7 nitrogen and oxygen atoms in total. The van der Waals surface area contributed by atoms with E-state index in [1.807, 2.05) is 6.92 Å². The summed E-state index contributed by atoms with van der Waals surface area (Å²) in [4.78, 5) is 54.2. The van der Waals surface area contributed by atoms with Crippen LogP contribution in [0.1, 0.15) is 76.6 Å². The van der Waals surface area contributed by atoms with Gasteiger partial charge in [-0.1, -0.05) is 51.0 Å². The van der Waals surface area contributed by atoms with Crippen molar-refractivity contribution < 1.29 is 29.4 Å². The van der Waals surface area contributed by atoms with Crippen molar-refractivity contribution >= 4 is 29.4 Å². The minimum Gasteiger partial charge on any atom is -0.481 e. The van der Waals surface area contributed by atoms with E-state index >= 15 is 0 Å². The monoisotopic (exact) mass is 519 g/mol. The van der Waals surface area contributed by atoms with Crippen LogP contribution in [-0.2, 0) is 14.4 Å². The van der Waals surface area contributed by atoms with Gasteiger partial charge in [0.05, 0.1) is 28.5 Å². The fourth-order valence-electron chi connectivity index (χ4n) is 10.0. The van der Waals surface area contributed by atoms with E-state index in [0.717, 1.165) is 19.3 Å². The van der Waals surface area contributed by atoms with Crippen LogP contribution >= 0.6 is 0 Å². The quantitative estimate of drug-likeness (QED) is 0.407. The lowest BCUT2D eigenvalue weighted by atomic mass is 9.34. The molecule has 1 saturated heterocycles. The van der Waals surface area contributed by atoms with E-state index < -0.39 is 34.6 Å². The Bertz CT molecular complexity index is 1300. The van der Waals surface area contributed by atoms with Crippen LogP contribution in [0.4, 0.5) is 5.69 Å². The smallest absolute Gasteiger partial charge is 0.337 e. The Morgan fingerprint density at radius 2 is 1.71 bits per heavy atom. The van der Waals surface area contributed by atoms with Gasteiger partial charge in [-0.25, -0.2) is 9.69 Å². The van der Waals surface area contributed by atoms with Crippen molar-refractivity contribution in [3.8, 4) is 0 Å². The Hall–Kier alpha value is -2.96. The zero-order valence-corrected chi connectivity index (χ0v) is 22.6. The number of hydrogen-bond donors (Lipinski definition) is 2. The van der Waals surface area contributed by atoms with E-state index in [1.54, 1.807) is 18.2 Å². The molecule has 2 bridgehead atoms. The van der Waals surface area contributed by atoms with Gasteiger partial charge in [-0.2, -0.15) is 0 Å². The Labute approximate surface area is 223 Å². The van der Waals surface area contributed by atoms with Gasteiger partial charge in [0.15, 0.2) is 0 Å². The zero-order valence-electron chi connectivity index (χ0n) is 22.6. The lowest BCUT2D eigenvalue weighted by Gasteiger charge is -2.68. The molecule has 1 spiro atoms. The maximum atomic E-state index is 14.3. The van der Waals surface area contributed by atoms with Crippen molar-refractivity contribution in [1.29, 1.82) is 0 Å². The molecule has 1 aliphatic heterocycles. The number of para-hydroxylation sites is 1. The number of rotatable bonds is 4. The maximum absolute atomic E-state index is 14.3. The second-order valence-corrected chi connectivity index (χ2v) is 13.3. The molecule has 8 atom stereocenters. The molecule has 5 aliphatic carbocycles. The van der Waals surface area contributed by atoms with Gasteiger partial charge < -0.3 is 10.2 Å². The molecule has 202 valence electrons. The number of aliphatic carboxylic acids is 1. The molecule has 4 fully saturated rings. The van der Waals surface area contributed by atoms with Gasteiger partial charge in [0.2, 0.25) is 11.8 Å². The van der Waals surface area contributed by atoms with Crippen molar-refractivity contribution in [2.75, 3.05) is 4.90 Å². The van der Waals surface area contributed by atoms with Gasteiger partial charge in [0, 0.05) is 5.41 Å². The van der Waals surface area contributed by atoms with Crippen molar-refractivity contribution in [3.63, 3.8) is 0 Å². The normalized spacial score (nSPS) is 41.4. The average molecular weight is 520 g/mol. The number of imide groups is 1. The maximum Gasteiger partial charge on any atom is 0.337 e. The number of benzene rings is 1. The summed E-state index contributed by atoms with van der Waals surface area (Å²) >= 11 is 0. The highest BCUT2D eigenvalue weighted by Crippen LogP contribution is 2.74. The van der Waals surface area contributed by atoms with Gasteiger partial charge >= 0.3 is 11.9 Å². The number of hydrogen-bond acceptors (Lipinski definition) is 4. The number of nitrogens with zero attached hydrogens (tertiary/aromatic N) is 1. The summed E-state index contributed by atoms with van der Waals surface area (Å²) in [5.74, 6) is -3.27. The van der Waals surface area contributed by atoms with Gasteiger partial charge in [0.25, 0.3) is 0 Å². The number of carbonyl (C=O) groups excluding carboxylic acids is 2. The molecule has 0 radical (unpaired) electrons. The van der Waals surface area contributed by atoms with E-state index in [4.69, 9.17) is 0 Å². The number of carbonyl (C=O) groups is 4. The van der Waals surface area contributed by atoms with Crippen LogP contribution in [0.25, 0.3) is 0 Å². The van der Waals surface area contributed by atoms with Crippen LogP contribution in [-0.4, -0.2) is 34.0 Å². The van der Waals surface area contributed by atoms with E-state index in [0.29, 0.717) is 19.3 Å². The molecule has 1 aromatic carbocycles. The van der Waals surface area contributed by atoms with Crippen LogP contribution in [0.3, 0.4) is 0 Å². The predicted octanol–water partition coefficient (Wildman–Crippen LogP) is 5.40. The second-order valence-electron chi connectivity index (χ2n) is 13.3. The first kappa shape index (κ1) is 25.3. The number of fused-ring (bicyclic) bond motifs is 1. The van der Waals surface area contributed by atoms with Crippen LogP contribution in [0.5, 0.6) is 0 Å². The Morgan fingerprint density at radius 3 is 2.37 bits per heavy atom. The van der Waals surface area contributed by atoms with Crippen LogP contribution in [0, 0.1) is 51.8 Å². The molecule has 38 heavy (non-hydrogen) atoms. The molecule has 0 aromatic heterocycles. The van der Waals surface area contributed by atoms with Crippen molar-refractivity contribution in [3.05, 3.63) is 41.5 Å². The minimum atomic E-state index is -1.17. The first-order valence-electron chi connectivity index (χ1n) is 14.0. The number of allylic oxidation sites excluding steroid dienone is 2. The lowest BCUT2D eigenvalue weighted by molar-refractivity contribution is -0.194. The Balaban J connectivity index is 1.50. The van der Waals surface area contributed by atoms with Gasteiger partial charge in [-0.3, -0.25) is 14.4 Å². The summed E-state index contributed by atoms with van der Waals surface area (Å²) in [6.45, 7) is 8.44. The number of carboxylic acid groups (broad SMARTS) is 2. The number of amides is 2. The van der Waals surface area contributed by atoms with Crippen molar-refractivity contribution in [1.82, 2.24) is 0 Å². The molecule has 3 saturated carbocycles. The highest BCUT2D eigenvalue weighted by atomic mass is 16.4. The summed E-state index contributed by atoms with van der Waals surface area (Å²) in [7, 11) is 0. The molecular weight excluding hydrogens is 482 g/mol. The summed E-state index contributed by atoms with van der Waals surface area (Å²) in [6.07, 6.45) is 6.94. The summed E-state index contributed by atoms with van der Waals surface area (Å²) < 4.78 is 0. The average Bonchev–Trinajstić information content (AvgIpc) is 3.15. The molecule has 2 amide bonds. The third kappa shape index (κ3) is 2.96. The number of carboxylic acids is 2. The van der Waals surface area contributed by atoms with Crippen molar-refractivity contribution in [2.45, 2.75) is 66.2 Å². The summed E-state index contributed by atoms with van der Waals surface area (Å²) in [6, 6.07) is 6.27. The number of aromatic carboxylic acids is 1. The molecule has 2 N–H and O–H groups in total. The second kappa shape index (κ2) is 8.03. The topological polar surface area (TPSA) is 112 Å². The van der Waals surface area contributed by atoms with Gasteiger partial charge in [0.1, 0.15) is 0 Å². The third-order valence-electron chi connectivity index (χ3n) is 11.5.